The number of likely N-dealkylation sites (tertiary alicyclic amines) is 1. The molecule has 2 aromatic rings. The highest BCUT2D eigenvalue weighted by molar-refractivity contribution is 5.85. The number of imidazole rings is 1. The Bertz CT molecular complexity index is 1040. The summed E-state index contributed by atoms with van der Waals surface area (Å²) in [4.78, 5) is 39.0. The van der Waals surface area contributed by atoms with Crippen LogP contribution in [0.4, 0.5) is 4.79 Å². The maximum atomic E-state index is 11.8. The third-order valence-corrected chi connectivity index (χ3v) is 5.01. The second-order valence-corrected chi connectivity index (χ2v) is 8.99. The normalized spacial score (nSPS) is 14.6. The fourth-order valence-electron chi connectivity index (χ4n) is 3.42. The number of rotatable bonds is 5. The molecule has 1 aliphatic rings. The van der Waals surface area contributed by atoms with Crippen molar-refractivity contribution in [3.05, 3.63) is 53.6 Å². The molecule has 36 heavy (non-hydrogen) atoms. The first-order valence-electron chi connectivity index (χ1n) is 11.0. The fourth-order valence-corrected chi connectivity index (χ4v) is 3.42. The van der Waals surface area contributed by atoms with E-state index in [0.717, 1.165) is 24.1 Å². The largest absolute Gasteiger partial charge is 0.480 e. The number of amides is 2. The molecule has 1 aromatic heterocycles. The third kappa shape index (κ3) is 10.5. The van der Waals surface area contributed by atoms with Crippen LogP contribution in [-0.4, -0.2) is 55.7 Å². The molecule has 0 spiro atoms. The number of ether oxygens (including phenoxy) is 1. The number of carbonyl (C=O) groups excluding carboxylic acids is 2. The van der Waals surface area contributed by atoms with Crippen molar-refractivity contribution in [2.45, 2.75) is 64.6 Å². The van der Waals surface area contributed by atoms with Gasteiger partial charge in [-0.2, -0.15) is 5.26 Å². The van der Waals surface area contributed by atoms with Crippen LogP contribution in [-0.2, 0) is 27.3 Å². The molecular weight excluding hydrogens is 509 g/mol. The van der Waals surface area contributed by atoms with Crippen LogP contribution in [0.5, 0.6) is 0 Å². The number of aromatic nitrogens is 2. The molecule has 3 rings (SSSR count). The Morgan fingerprint density at radius 1 is 1.19 bits per heavy atom. The van der Waals surface area contributed by atoms with Gasteiger partial charge in [0.2, 0.25) is 5.91 Å². The van der Waals surface area contributed by atoms with Gasteiger partial charge in [0, 0.05) is 25.0 Å². The molecule has 2 amide bonds. The van der Waals surface area contributed by atoms with E-state index in [2.05, 4.69) is 11.1 Å². The number of hydrogen-bond acceptors (Lipinski definition) is 6. The molecule has 0 bridgehead atoms. The molecule has 1 atom stereocenters. The van der Waals surface area contributed by atoms with Crippen molar-refractivity contribution in [3.63, 3.8) is 0 Å². The first-order chi connectivity index (χ1) is 16.0. The molecule has 1 fully saturated rings. The van der Waals surface area contributed by atoms with Gasteiger partial charge in [-0.05, 0) is 57.7 Å². The van der Waals surface area contributed by atoms with E-state index in [1.807, 2.05) is 16.7 Å². The Hall–Kier alpha value is -3.29. The van der Waals surface area contributed by atoms with Crippen LogP contribution in [0.3, 0.4) is 0 Å². The van der Waals surface area contributed by atoms with E-state index in [4.69, 9.17) is 20.8 Å². The van der Waals surface area contributed by atoms with Crippen LogP contribution in [0.1, 0.15) is 56.9 Å². The minimum Gasteiger partial charge on any atom is -0.480 e. The molecular formula is C24H33Cl2N5O5. The number of nitrogens with zero attached hydrogens (tertiary/aromatic N) is 4. The third-order valence-electron chi connectivity index (χ3n) is 5.01. The Balaban J connectivity index is 0.000000649. The summed E-state index contributed by atoms with van der Waals surface area (Å²) in [6.07, 6.45) is 5.13. The van der Waals surface area contributed by atoms with Gasteiger partial charge in [0.15, 0.2) is 0 Å². The number of primary amides is 1. The highest BCUT2D eigenvalue weighted by Crippen LogP contribution is 2.20. The van der Waals surface area contributed by atoms with Gasteiger partial charge in [0.1, 0.15) is 11.6 Å². The van der Waals surface area contributed by atoms with Gasteiger partial charge in [0.05, 0.1) is 24.4 Å². The summed E-state index contributed by atoms with van der Waals surface area (Å²) in [5.74, 6) is -1.33. The number of carboxylic acids is 1. The predicted molar refractivity (Wildman–Crippen MR) is 138 cm³/mol. The van der Waals surface area contributed by atoms with Gasteiger partial charge in [-0.15, -0.1) is 24.8 Å². The highest BCUT2D eigenvalue weighted by Gasteiger charge is 2.34. The zero-order chi connectivity index (χ0) is 25.3. The molecule has 1 unspecified atom stereocenters. The summed E-state index contributed by atoms with van der Waals surface area (Å²) in [5, 5.41) is 17.7. The van der Waals surface area contributed by atoms with Crippen molar-refractivity contribution in [3.8, 4) is 6.07 Å². The number of piperidine rings is 1. The van der Waals surface area contributed by atoms with E-state index < -0.39 is 23.7 Å². The van der Waals surface area contributed by atoms with Crippen LogP contribution < -0.4 is 5.73 Å². The molecule has 10 nitrogen and oxygen atoms in total. The smallest absolute Gasteiger partial charge is 0.411 e. The average molecular weight is 542 g/mol. The summed E-state index contributed by atoms with van der Waals surface area (Å²) in [6.45, 7) is 6.38. The molecule has 0 radical (unpaired) electrons. The molecule has 1 saturated heterocycles. The molecule has 3 N–H and O–H groups in total. The summed E-state index contributed by atoms with van der Waals surface area (Å²) in [7, 11) is 0. The van der Waals surface area contributed by atoms with Gasteiger partial charge in [-0.1, -0.05) is 12.1 Å². The molecule has 2 heterocycles. The number of halogens is 2. The molecule has 0 aliphatic carbocycles. The van der Waals surface area contributed by atoms with Crippen molar-refractivity contribution < 1.29 is 24.2 Å². The summed E-state index contributed by atoms with van der Waals surface area (Å²) >= 11 is 0. The van der Waals surface area contributed by atoms with Crippen molar-refractivity contribution >= 4 is 42.8 Å². The topological polar surface area (TPSA) is 152 Å². The highest BCUT2D eigenvalue weighted by atomic mass is 35.5. The van der Waals surface area contributed by atoms with Crippen LogP contribution >= 0.6 is 24.8 Å². The number of carboxylic acid groups (broad SMARTS) is 1. The van der Waals surface area contributed by atoms with Crippen molar-refractivity contribution in [1.29, 1.82) is 5.26 Å². The minimum atomic E-state index is -0.953. The molecule has 1 aromatic carbocycles. The number of carbonyl (C=O) groups is 3. The maximum Gasteiger partial charge on any atom is 0.411 e. The monoisotopic (exact) mass is 541 g/mol. The quantitative estimate of drug-likeness (QED) is 0.586. The van der Waals surface area contributed by atoms with E-state index in [9.17, 15) is 14.4 Å². The average Bonchev–Trinajstić information content (AvgIpc) is 3.19. The SMILES string of the molecule is CC(C)(C)OC(=O)N1CCCCC1C(=O)O.Cl.Cl.N#Cc1ccc(Cn2cncc2CC(N)=O)cc1. The number of hydrogen-bond donors (Lipinski definition) is 2. The van der Waals surface area contributed by atoms with E-state index in [1.54, 1.807) is 45.4 Å². The minimum absolute atomic E-state index is 0. The zero-order valence-electron chi connectivity index (χ0n) is 20.5. The zero-order valence-corrected chi connectivity index (χ0v) is 22.2. The Kier molecular flexibility index (Phi) is 13.6. The summed E-state index contributed by atoms with van der Waals surface area (Å²) in [6, 6.07) is 8.63. The van der Waals surface area contributed by atoms with Gasteiger partial charge >= 0.3 is 12.1 Å². The van der Waals surface area contributed by atoms with Crippen molar-refractivity contribution in [2.24, 2.45) is 5.73 Å². The molecule has 1 aliphatic heterocycles. The molecule has 0 saturated carbocycles. The van der Waals surface area contributed by atoms with Crippen molar-refractivity contribution in [2.75, 3.05) is 6.54 Å². The van der Waals surface area contributed by atoms with Gasteiger partial charge in [-0.25, -0.2) is 14.6 Å². The van der Waals surface area contributed by atoms with Gasteiger partial charge in [0.25, 0.3) is 0 Å². The van der Waals surface area contributed by atoms with Gasteiger partial charge < -0.3 is 20.1 Å². The van der Waals surface area contributed by atoms with Crippen LogP contribution in [0.25, 0.3) is 0 Å². The van der Waals surface area contributed by atoms with Crippen LogP contribution in [0.2, 0.25) is 0 Å². The first kappa shape index (κ1) is 32.7. The first-order valence-corrected chi connectivity index (χ1v) is 11.0. The second-order valence-electron chi connectivity index (χ2n) is 8.99. The maximum absolute atomic E-state index is 11.8. The van der Waals surface area contributed by atoms with E-state index >= 15 is 0 Å². The summed E-state index contributed by atoms with van der Waals surface area (Å²) < 4.78 is 7.05. The Labute approximate surface area is 223 Å². The Morgan fingerprint density at radius 3 is 2.36 bits per heavy atom. The molecule has 12 heteroatoms. The van der Waals surface area contributed by atoms with Crippen LogP contribution in [0.15, 0.2) is 36.8 Å². The van der Waals surface area contributed by atoms with E-state index in [-0.39, 0.29) is 37.1 Å². The second kappa shape index (κ2) is 15.0. The number of nitriles is 1. The lowest BCUT2D eigenvalue weighted by molar-refractivity contribution is -0.144. The molecule has 198 valence electrons. The standard InChI is InChI=1S/C13H12N4O.C11H19NO4.2ClH/c14-6-10-1-3-11(4-2-10)8-17-9-16-7-12(17)5-13(15)18;1-11(2,3)16-10(15)12-7-5-4-6-8(12)9(13)14;;/h1-4,7,9H,5,8H2,(H2,15,18);8H,4-7H2,1-3H3,(H,13,14);2*1H. The van der Waals surface area contributed by atoms with Gasteiger partial charge in [-0.3, -0.25) is 9.69 Å². The lowest BCUT2D eigenvalue weighted by Crippen LogP contribution is -2.49. The lowest BCUT2D eigenvalue weighted by Gasteiger charge is -2.34. The number of nitrogens with two attached hydrogens (primary N) is 1. The fraction of sp³-hybridized carbons (Fsp3) is 0.458. The van der Waals surface area contributed by atoms with E-state index in [0.29, 0.717) is 25.1 Å². The van der Waals surface area contributed by atoms with Crippen LogP contribution in [0, 0.1) is 11.3 Å². The number of aliphatic carboxylic acids is 1. The van der Waals surface area contributed by atoms with E-state index in [1.165, 1.54) is 4.90 Å². The Morgan fingerprint density at radius 2 is 1.83 bits per heavy atom. The summed E-state index contributed by atoms with van der Waals surface area (Å²) in [5.41, 5.74) is 7.03. The van der Waals surface area contributed by atoms with Crippen molar-refractivity contribution in [1.82, 2.24) is 14.5 Å². The lowest BCUT2D eigenvalue weighted by atomic mass is 10.0. The predicted octanol–water partition coefficient (Wildman–Crippen LogP) is 3.54. The number of benzene rings is 1.